The van der Waals surface area contributed by atoms with Crippen molar-refractivity contribution >= 4 is 34.4 Å². The van der Waals surface area contributed by atoms with E-state index in [4.69, 9.17) is 12.2 Å². The van der Waals surface area contributed by atoms with Crippen LogP contribution < -0.4 is 16.1 Å². The Bertz CT molecular complexity index is 669. The number of para-hydroxylation sites is 1. The summed E-state index contributed by atoms with van der Waals surface area (Å²) in [7, 11) is 0. The van der Waals surface area contributed by atoms with E-state index in [2.05, 4.69) is 26.1 Å². The van der Waals surface area contributed by atoms with Gasteiger partial charge in [0.15, 0.2) is 5.11 Å². The molecule has 0 amide bonds. The molecule has 0 fully saturated rings. The molecule has 2 aromatic rings. The average molecular weight is 297 g/mol. The van der Waals surface area contributed by atoms with Crippen molar-refractivity contribution in [1.29, 1.82) is 0 Å². The second-order valence-corrected chi connectivity index (χ2v) is 4.98. The van der Waals surface area contributed by atoms with Gasteiger partial charge in [0.05, 0.1) is 11.4 Å². The van der Waals surface area contributed by atoms with Gasteiger partial charge in [-0.25, -0.2) is 0 Å². The molecule has 0 bridgehead atoms. The molecule has 0 aliphatic carbocycles. The minimum Gasteiger partial charge on any atom is -0.383 e. The van der Waals surface area contributed by atoms with Crippen molar-refractivity contribution in [2.75, 3.05) is 17.2 Å². The lowest BCUT2D eigenvalue weighted by Gasteiger charge is -2.18. The number of pyridine rings is 1. The lowest BCUT2D eigenvalue weighted by molar-refractivity contribution is 0.976. The molecule has 0 saturated carbocycles. The Morgan fingerprint density at radius 2 is 2.05 bits per heavy atom. The number of rotatable bonds is 2. The minimum atomic E-state index is 0.463. The third-order valence-corrected chi connectivity index (χ3v) is 3.28. The van der Waals surface area contributed by atoms with E-state index in [0.29, 0.717) is 5.11 Å². The summed E-state index contributed by atoms with van der Waals surface area (Å²) in [6.45, 7) is 0.845. The van der Waals surface area contributed by atoms with Crippen molar-refractivity contribution in [3.63, 3.8) is 0 Å². The third kappa shape index (κ3) is 3.35. The van der Waals surface area contributed by atoms with Crippen LogP contribution in [0.25, 0.3) is 0 Å². The van der Waals surface area contributed by atoms with Crippen LogP contribution in [0.1, 0.15) is 12.1 Å². The second kappa shape index (κ2) is 6.32. The maximum absolute atomic E-state index is 5.24. The highest BCUT2D eigenvalue weighted by Crippen LogP contribution is 2.18. The zero-order valence-corrected chi connectivity index (χ0v) is 12.2. The fourth-order valence-electron chi connectivity index (χ4n) is 2.12. The summed E-state index contributed by atoms with van der Waals surface area (Å²) in [6, 6.07) is 13.7. The molecule has 0 spiro atoms. The molecule has 21 heavy (non-hydrogen) atoms. The Morgan fingerprint density at radius 3 is 2.90 bits per heavy atom. The first-order chi connectivity index (χ1) is 10.3. The molecule has 5 nitrogen and oxygen atoms in total. The minimum absolute atomic E-state index is 0.463. The topological polar surface area (TPSA) is 61.3 Å². The Morgan fingerprint density at radius 1 is 1.19 bits per heavy atom. The number of hydrogen-bond acceptors (Lipinski definition) is 4. The van der Waals surface area contributed by atoms with Gasteiger partial charge in [-0.1, -0.05) is 18.2 Å². The maximum atomic E-state index is 5.24. The molecule has 0 atom stereocenters. The molecular formula is C15H15N5S. The van der Waals surface area contributed by atoms with Crippen molar-refractivity contribution in [3.8, 4) is 0 Å². The van der Waals surface area contributed by atoms with Crippen molar-refractivity contribution in [2.24, 2.45) is 5.10 Å². The molecule has 1 aromatic carbocycles. The standard InChI is InChI=1S/C15H15N5S/c21-15(18-11-5-2-1-3-6-11)20-19-13-8-10-16-12-7-4-9-17-14(12)13/h1-7,9,16H,8,10H2,(H2,18,20,21)/b19-13-. The van der Waals surface area contributed by atoms with Gasteiger partial charge in [0.1, 0.15) is 5.69 Å². The molecule has 1 aliphatic heterocycles. The van der Waals surface area contributed by atoms with Crippen LogP contribution in [0.3, 0.4) is 0 Å². The zero-order chi connectivity index (χ0) is 14.5. The van der Waals surface area contributed by atoms with Gasteiger partial charge in [-0.15, -0.1) is 0 Å². The Kier molecular flexibility index (Phi) is 4.07. The summed E-state index contributed by atoms with van der Waals surface area (Å²) in [4.78, 5) is 4.37. The van der Waals surface area contributed by atoms with Crippen LogP contribution in [0.15, 0.2) is 53.8 Å². The van der Waals surface area contributed by atoms with Gasteiger partial charge in [-0.2, -0.15) is 5.10 Å². The predicted octanol–water partition coefficient (Wildman–Crippen LogP) is 2.59. The van der Waals surface area contributed by atoms with Crippen LogP contribution in [0.5, 0.6) is 0 Å². The number of hydrogen-bond donors (Lipinski definition) is 3. The lowest BCUT2D eigenvalue weighted by atomic mass is 10.1. The Hall–Kier alpha value is -2.47. The zero-order valence-electron chi connectivity index (χ0n) is 11.3. The number of nitrogens with one attached hydrogen (secondary N) is 3. The highest BCUT2D eigenvalue weighted by atomic mass is 32.1. The van der Waals surface area contributed by atoms with Crippen molar-refractivity contribution < 1.29 is 0 Å². The van der Waals surface area contributed by atoms with E-state index in [0.717, 1.165) is 35.7 Å². The smallest absolute Gasteiger partial charge is 0.191 e. The Labute approximate surface area is 128 Å². The van der Waals surface area contributed by atoms with Gasteiger partial charge in [-0.3, -0.25) is 10.4 Å². The maximum Gasteiger partial charge on any atom is 0.191 e. The van der Waals surface area contributed by atoms with Crippen LogP contribution >= 0.6 is 12.2 Å². The SMILES string of the molecule is S=C(N/N=C1/CCNc2cccnc21)Nc1ccccc1. The lowest BCUT2D eigenvalue weighted by Crippen LogP contribution is -2.28. The van der Waals surface area contributed by atoms with Gasteiger partial charge < -0.3 is 10.6 Å². The number of anilines is 2. The highest BCUT2D eigenvalue weighted by molar-refractivity contribution is 7.80. The van der Waals surface area contributed by atoms with E-state index in [1.165, 1.54) is 0 Å². The van der Waals surface area contributed by atoms with Gasteiger partial charge in [0, 0.05) is 24.8 Å². The first kappa shape index (κ1) is 13.5. The first-order valence-corrected chi connectivity index (χ1v) is 7.11. The van der Waals surface area contributed by atoms with E-state index >= 15 is 0 Å². The van der Waals surface area contributed by atoms with Crippen LogP contribution in [0.2, 0.25) is 0 Å². The van der Waals surface area contributed by atoms with Gasteiger partial charge >= 0.3 is 0 Å². The largest absolute Gasteiger partial charge is 0.383 e. The van der Waals surface area contributed by atoms with Crippen molar-refractivity contribution in [2.45, 2.75) is 6.42 Å². The molecule has 2 heterocycles. The van der Waals surface area contributed by atoms with E-state index in [9.17, 15) is 0 Å². The van der Waals surface area contributed by atoms with Crippen LogP contribution in [0.4, 0.5) is 11.4 Å². The normalized spacial score (nSPS) is 15.0. The van der Waals surface area contributed by atoms with Crippen LogP contribution in [-0.4, -0.2) is 22.4 Å². The third-order valence-electron chi connectivity index (χ3n) is 3.08. The van der Waals surface area contributed by atoms with E-state index < -0.39 is 0 Å². The molecule has 1 aliphatic rings. The molecule has 0 unspecified atom stereocenters. The molecule has 3 rings (SSSR count). The number of thiocarbonyl (C=S) groups is 1. The Balaban J connectivity index is 1.68. The summed E-state index contributed by atoms with van der Waals surface area (Å²) in [5.41, 5.74) is 6.60. The number of aromatic nitrogens is 1. The van der Waals surface area contributed by atoms with E-state index in [1.54, 1.807) is 6.20 Å². The fraction of sp³-hybridized carbons (Fsp3) is 0.133. The molecule has 106 valence electrons. The monoisotopic (exact) mass is 297 g/mol. The molecule has 1 aromatic heterocycles. The molecule has 6 heteroatoms. The van der Waals surface area contributed by atoms with Gasteiger partial charge in [0.2, 0.25) is 0 Å². The first-order valence-electron chi connectivity index (χ1n) is 6.71. The molecule has 3 N–H and O–H groups in total. The number of benzene rings is 1. The molecular weight excluding hydrogens is 282 g/mol. The summed E-state index contributed by atoms with van der Waals surface area (Å²) in [6.07, 6.45) is 2.58. The quantitative estimate of drug-likeness (QED) is 0.587. The van der Waals surface area contributed by atoms with E-state index in [1.807, 2.05) is 42.5 Å². The van der Waals surface area contributed by atoms with Crippen LogP contribution in [0, 0.1) is 0 Å². The summed E-state index contributed by atoms with van der Waals surface area (Å²) in [5, 5.41) is 11.2. The molecule has 0 radical (unpaired) electrons. The van der Waals surface area contributed by atoms with E-state index in [-0.39, 0.29) is 0 Å². The van der Waals surface area contributed by atoms with Crippen LogP contribution in [-0.2, 0) is 0 Å². The number of fused-ring (bicyclic) bond motifs is 1. The molecule has 0 saturated heterocycles. The predicted molar refractivity (Wildman–Crippen MR) is 89.7 cm³/mol. The summed E-state index contributed by atoms with van der Waals surface area (Å²) >= 11 is 5.24. The van der Waals surface area contributed by atoms with Crippen molar-refractivity contribution in [1.82, 2.24) is 10.4 Å². The highest BCUT2D eigenvalue weighted by Gasteiger charge is 2.15. The second-order valence-electron chi connectivity index (χ2n) is 4.57. The van der Waals surface area contributed by atoms with Gasteiger partial charge in [-0.05, 0) is 36.5 Å². The number of hydrazone groups is 1. The summed E-state index contributed by atoms with van der Waals surface area (Å²) in [5.74, 6) is 0. The van der Waals surface area contributed by atoms with Gasteiger partial charge in [0.25, 0.3) is 0 Å². The summed E-state index contributed by atoms with van der Waals surface area (Å²) < 4.78 is 0. The average Bonchev–Trinajstić information content (AvgIpc) is 2.54. The fourth-order valence-corrected chi connectivity index (χ4v) is 2.28. The number of nitrogens with zero attached hydrogens (tertiary/aromatic N) is 2. The van der Waals surface area contributed by atoms with Crippen molar-refractivity contribution in [3.05, 3.63) is 54.4 Å².